The SMILES string of the molecule is [2H]c1c([2H])c([2H])c(C(=O)OCc2ccccc2)c(C(=O)OCCCC)c1[2H]. The molecule has 4 heteroatoms. The van der Waals surface area contributed by atoms with Gasteiger partial charge in [-0.2, -0.15) is 0 Å². The number of hydrogen-bond acceptors (Lipinski definition) is 4. The predicted molar refractivity (Wildman–Crippen MR) is 87.2 cm³/mol. The van der Waals surface area contributed by atoms with E-state index in [1.807, 2.05) is 13.0 Å². The molecule has 0 amide bonds. The minimum absolute atomic E-state index is 0.0905. The number of hydrogen-bond donors (Lipinski definition) is 0. The number of carbonyl (C=O) groups is 2. The molecule has 2 aromatic carbocycles. The van der Waals surface area contributed by atoms with Crippen molar-refractivity contribution in [3.8, 4) is 0 Å². The van der Waals surface area contributed by atoms with E-state index >= 15 is 0 Å². The van der Waals surface area contributed by atoms with Gasteiger partial charge in [-0.05, 0) is 24.1 Å². The molecule has 120 valence electrons. The van der Waals surface area contributed by atoms with Crippen LogP contribution in [0.3, 0.4) is 0 Å². The fraction of sp³-hybridized carbons (Fsp3) is 0.263. The second kappa shape index (κ2) is 8.73. The molecule has 0 atom stereocenters. The lowest BCUT2D eigenvalue weighted by Gasteiger charge is -2.09. The van der Waals surface area contributed by atoms with Crippen molar-refractivity contribution in [2.45, 2.75) is 26.4 Å². The fourth-order valence-electron chi connectivity index (χ4n) is 1.80. The molecule has 0 spiro atoms. The van der Waals surface area contributed by atoms with E-state index in [-0.39, 0.29) is 13.2 Å². The van der Waals surface area contributed by atoms with Crippen LogP contribution in [0.5, 0.6) is 0 Å². The van der Waals surface area contributed by atoms with Crippen LogP contribution < -0.4 is 0 Å². The Hall–Kier alpha value is -2.62. The van der Waals surface area contributed by atoms with Crippen molar-refractivity contribution in [1.29, 1.82) is 0 Å². The number of ether oxygens (including phenoxy) is 2. The molecular formula is C19H20O4. The van der Waals surface area contributed by atoms with Crippen molar-refractivity contribution in [2.75, 3.05) is 6.61 Å². The zero-order valence-electron chi connectivity index (χ0n) is 16.8. The van der Waals surface area contributed by atoms with Crippen molar-refractivity contribution < 1.29 is 24.5 Å². The smallest absolute Gasteiger partial charge is 0.339 e. The molecule has 23 heavy (non-hydrogen) atoms. The van der Waals surface area contributed by atoms with Crippen LogP contribution in [-0.4, -0.2) is 18.5 Å². The van der Waals surface area contributed by atoms with Gasteiger partial charge in [0, 0.05) is 0 Å². The van der Waals surface area contributed by atoms with E-state index in [1.54, 1.807) is 24.3 Å². The molecule has 0 fully saturated rings. The van der Waals surface area contributed by atoms with Crippen molar-refractivity contribution in [2.24, 2.45) is 0 Å². The average Bonchev–Trinajstić information content (AvgIpc) is 2.68. The summed E-state index contributed by atoms with van der Waals surface area (Å²) in [5.74, 6) is -1.98. The highest BCUT2D eigenvalue weighted by atomic mass is 16.5. The second-order valence-corrected chi connectivity index (χ2v) is 4.80. The first-order valence-corrected chi connectivity index (χ1v) is 7.37. The molecule has 0 N–H and O–H groups in total. The summed E-state index contributed by atoms with van der Waals surface area (Å²) in [6.07, 6.45) is 1.39. The maximum atomic E-state index is 12.5. The summed E-state index contributed by atoms with van der Waals surface area (Å²) in [5.41, 5.74) is -0.313. The zero-order chi connectivity index (χ0) is 20.0. The first-order valence-electron chi connectivity index (χ1n) is 9.37. The first-order chi connectivity index (χ1) is 12.9. The molecule has 0 aliphatic carbocycles. The average molecular weight is 316 g/mol. The summed E-state index contributed by atoms with van der Waals surface area (Å²) in [6.45, 7) is 1.91. The van der Waals surface area contributed by atoms with Crippen LogP contribution in [0.4, 0.5) is 0 Å². The predicted octanol–water partition coefficient (Wildman–Crippen LogP) is 4.00. The summed E-state index contributed by atoms with van der Waals surface area (Å²) in [5, 5.41) is 0. The van der Waals surface area contributed by atoms with Gasteiger partial charge < -0.3 is 9.47 Å². The first kappa shape index (κ1) is 11.9. The fourth-order valence-corrected chi connectivity index (χ4v) is 1.80. The van der Waals surface area contributed by atoms with Crippen LogP contribution in [0.25, 0.3) is 0 Å². The molecule has 0 bridgehead atoms. The number of benzene rings is 2. The van der Waals surface area contributed by atoms with E-state index in [1.165, 1.54) is 0 Å². The highest BCUT2D eigenvalue weighted by Crippen LogP contribution is 2.13. The summed E-state index contributed by atoms with van der Waals surface area (Å²) in [4.78, 5) is 24.9. The minimum atomic E-state index is -1.01. The van der Waals surface area contributed by atoms with Crippen LogP contribution in [0.15, 0.2) is 54.5 Å². The molecule has 4 nitrogen and oxygen atoms in total. The number of carbonyl (C=O) groups excluding carboxylic acids is 2. The van der Waals surface area contributed by atoms with E-state index < -0.39 is 47.2 Å². The van der Waals surface area contributed by atoms with Gasteiger partial charge in [0.1, 0.15) is 6.61 Å². The molecule has 0 heterocycles. The standard InChI is InChI=1S/C19H20O4/c1-2-3-13-22-18(20)16-11-7-8-12-17(16)19(21)23-14-15-9-5-4-6-10-15/h4-12H,2-3,13-14H2,1H3/i7D,8D,11D,12D. The second-order valence-electron chi connectivity index (χ2n) is 4.80. The minimum Gasteiger partial charge on any atom is -0.462 e. The summed E-state index contributed by atoms with van der Waals surface area (Å²) < 4.78 is 41.7. The Morgan fingerprint density at radius 2 is 1.61 bits per heavy atom. The van der Waals surface area contributed by atoms with E-state index in [9.17, 15) is 9.59 Å². The molecule has 0 radical (unpaired) electrons. The van der Waals surface area contributed by atoms with Gasteiger partial charge in [0.25, 0.3) is 0 Å². The normalized spacial score (nSPS) is 12.6. The van der Waals surface area contributed by atoms with Gasteiger partial charge >= 0.3 is 11.9 Å². The lowest BCUT2D eigenvalue weighted by Crippen LogP contribution is -2.14. The van der Waals surface area contributed by atoms with Gasteiger partial charge in [0.2, 0.25) is 0 Å². The van der Waals surface area contributed by atoms with Crippen LogP contribution in [-0.2, 0) is 16.1 Å². The van der Waals surface area contributed by atoms with E-state index in [0.29, 0.717) is 12.0 Å². The maximum absolute atomic E-state index is 12.5. The lowest BCUT2D eigenvalue weighted by atomic mass is 10.1. The molecule has 0 saturated heterocycles. The third-order valence-electron chi connectivity index (χ3n) is 3.04. The molecule has 0 aliphatic rings. The van der Waals surface area contributed by atoms with E-state index in [2.05, 4.69) is 0 Å². The summed E-state index contributed by atoms with van der Waals surface area (Å²) >= 11 is 0. The van der Waals surface area contributed by atoms with Gasteiger partial charge in [-0.25, -0.2) is 9.59 Å². The summed E-state index contributed by atoms with van der Waals surface area (Å²) in [6, 6.07) is 6.37. The van der Waals surface area contributed by atoms with Crippen LogP contribution in [0, 0.1) is 0 Å². The number of unbranched alkanes of at least 4 members (excludes halogenated alkanes) is 1. The van der Waals surface area contributed by atoms with Crippen LogP contribution in [0.1, 0.15) is 51.5 Å². The third-order valence-corrected chi connectivity index (χ3v) is 3.04. The van der Waals surface area contributed by atoms with Crippen molar-refractivity contribution in [3.63, 3.8) is 0 Å². The Balaban J connectivity index is 2.37. The van der Waals surface area contributed by atoms with Crippen LogP contribution >= 0.6 is 0 Å². The van der Waals surface area contributed by atoms with E-state index in [0.717, 1.165) is 6.42 Å². The Labute approximate surface area is 141 Å². The Morgan fingerprint density at radius 1 is 1.00 bits per heavy atom. The van der Waals surface area contributed by atoms with Crippen molar-refractivity contribution in [3.05, 3.63) is 71.2 Å². The molecule has 0 aromatic heterocycles. The molecule has 0 aliphatic heterocycles. The molecule has 0 saturated carbocycles. The molecular weight excluding hydrogens is 292 g/mol. The van der Waals surface area contributed by atoms with Gasteiger partial charge in [-0.15, -0.1) is 0 Å². The Bertz CT molecular complexity index is 838. The third kappa shape index (κ3) is 4.95. The highest BCUT2D eigenvalue weighted by molar-refractivity contribution is 6.03. The zero-order valence-corrected chi connectivity index (χ0v) is 12.8. The van der Waals surface area contributed by atoms with Crippen molar-refractivity contribution in [1.82, 2.24) is 0 Å². The maximum Gasteiger partial charge on any atom is 0.339 e. The number of rotatable bonds is 7. The monoisotopic (exact) mass is 316 g/mol. The molecule has 0 unspecified atom stereocenters. The summed E-state index contributed by atoms with van der Waals surface area (Å²) in [7, 11) is 0. The Morgan fingerprint density at radius 3 is 2.22 bits per heavy atom. The van der Waals surface area contributed by atoms with Gasteiger partial charge in [-0.1, -0.05) is 55.8 Å². The lowest BCUT2D eigenvalue weighted by molar-refractivity contribution is 0.0437. The van der Waals surface area contributed by atoms with Gasteiger partial charge in [-0.3, -0.25) is 0 Å². The van der Waals surface area contributed by atoms with Crippen molar-refractivity contribution >= 4 is 11.9 Å². The number of esters is 2. The highest BCUT2D eigenvalue weighted by Gasteiger charge is 2.18. The largest absolute Gasteiger partial charge is 0.462 e. The topological polar surface area (TPSA) is 52.6 Å². The van der Waals surface area contributed by atoms with Gasteiger partial charge in [0.05, 0.1) is 23.2 Å². The molecule has 2 rings (SSSR count). The van der Waals surface area contributed by atoms with E-state index in [4.69, 9.17) is 15.0 Å². The van der Waals surface area contributed by atoms with Crippen LogP contribution in [0.2, 0.25) is 0 Å². The molecule has 2 aromatic rings. The quantitative estimate of drug-likeness (QED) is 0.572. The Kier molecular flexibility index (Phi) is 4.51. The van der Waals surface area contributed by atoms with Gasteiger partial charge in [0.15, 0.2) is 0 Å².